The second-order valence-electron chi connectivity index (χ2n) is 3.22. The van der Waals surface area contributed by atoms with E-state index in [4.69, 9.17) is 9.15 Å². The number of carbonyl (C=O) groups excluding carboxylic acids is 1. The van der Waals surface area contributed by atoms with Crippen molar-refractivity contribution in [3.63, 3.8) is 0 Å². The monoisotopic (exact) mass is 268 g/mol. The van der Waals surface area contributed by atoms with Gasteiger partial charge < -0.3 is 9.15 Å². The number of hydrogen-bond donors (Lipinski definition) is 0. The highest BCUT2D eigenvalue weighted by atomic mass is 79.9. The first-order chi connectivity index (χ1) is 7.08. The molecule has 0 aliphatic carbocycles. The molecule has 2 aromatic rings. The fourth-order valence-corrected chi connectivity index (χ4v) is 1.80. The number of rotatable bonds is 1. The van der Waals surface area contributed by atoms with E-state index in [0.29, 0.717) is 17.1 Å². The van der Waals surface area contributed by atoms with E-state index in [2.05, 4.69) is 15.9 Å². The summed E-state index contributed by atoms with van der Waals surface area (Å²) in [6.07, 6.45) is 0. The van der Waals surface area contributed by atoms with Gasteiger partial charge in [-0.15, -0.1) is 0 Å². The van der Waals surface area contributed by atoms with Gasteiger partial charge in [0, 0.05) is 11.4 Å². The lowest BCUT2D eigenvalue weighted by molar-refractivity contribution is -0.131. The van der Waals surface area contributed by atoms with E-state index in [0.717, 1.165) is 9.86 Å². The number of hydrogen-bond acceptors (Lipinski definition) is 3. The maximum absolute atomic E-state index is 10.9. The zero-order valence-electron chi connectivity index (χ0n) is 8.33. The summed E-state index contributed by atoms with van der Waals surface area (Å²) in [7, 11) is 0. The van der Waals surface area contributed by atoms with Crippen molar-refractivity contribution < 1.29 is 13.9 Å². The van der Waals surface area contributed by atoms with Gasteiger partial charge in [-0.2, -0.15) is 0 Å². The highest BCUT2D eigenvalue weighted by Crippen LogP contribution is 2.34. The number of fused-ring (bicyclic) bond motifs is 1. The summed E-state index contributed by atoms with van der Waals surface area (Å²) >= 11 is 3.36. The van der Waals surface area contributed by atoms with Crippen LogP contribution in [0.5, 0.6) is 5.75 Å². The molecule has 0 atom stereocenters. The Hall–Kier alpha value is -1.29. The molecule has 0 saturated carbocycles. The molecule has 15 heavy (non-hydrogen) atoms. The Morgan fingerprint density at radius 2 is 2.20 bits per heavy atom. The van der Waals surface area contributed by atoms with Crippen molar-refractivity contribution in [3.8, 4) is 5.75 Å². The molecular weight excluding hydrogens is 260 g/mol. The smallest absolute Gasteiger partial charge is 0.308 e. The Labute approximate surface area is 95.1 Å². The number of carbonyl (C=O) groups is 1. The first-order valence-corrected chi connectivity index (χ1v) is 5.24. The van der Waals surface area contributed by atoms with Gasteiger partial charge in [0.2, 0.25) is 0 Å². The third-order valence-corrected chi connectivity index (χ3v) is 2.51. The minimum Gasteiger partial charge on any atom is -0.457 e. The van der Waals surface area contributed by atoms with Gasteiger partial charge in [0.15, 0.2) is 5.75 Å². The molecule has 0 N–H and O–H groups in total. The lowest BCUT2D eigenvalue weighted by Crippen LogP contribution is -2.01. The lowest BCUT2D eigenvalue weighted by atomic mass is 10.2. The standard InChI is InChI=1S/C11H9BrO3/c1-6-11(15-7(2)13)9-5-8(12)3-4-10(9)14-6/h3-5H,1-2H3. The Morgan fingerprint density at radius 1 is 1.47 bits per heavy atom. The van der Waals surface area contributed by atoms with Crippen LogP contribution in [0.1, 0.15) is 12.7 Å². The summed E-state index contributed by atoms with van der Waals surface area (Å²) in [5.41, 5.74) is 0.715. The van der Waals surface area contributed by atoms with Crippen LogP contribution in [0.15, 0.2) is 27.1 Å². The maximum Gasteiger partial charge on any atom is 0.308 e. The number of ether oxygens (including phenoxy) is 1. The Bertz CT molecular complexity index is 528. The Morgan fingerprint density at radius 3 is 2.87 bits per heavy atom. The van der Waals surface area contributed by atoms with Crippen LogP contribution in [0.2, 0.25) is 0 Å². The quantitative estimate of drug-likeness (QED) is 0.744. The zero-order valence-corrected chi connectivity index (χ0v) is 9.92. The molecule has 0 fully saturated rings. The van der Waals surface area contributed by atoms with Gasteiger partial charge in [-0.25, -0.2) is 0 Å². The summed E-state index contributed by atoms with van der Waals surface area (Å²) in [4.78, 5) is 10.9. The highest BCUT2D eigenvalue weighted by Gasteiger charge is 2.14. The Kier molecular flexibility index (Phi) is 2.52. The Balaban J connectivity index is 2.65. The van der Waals surface area contributed by atoms with Crippen molar-refractivity contribution in [2.24, 2.45) is 0 Å². The van der Waals surface area contributed by atoms with Crippen LogP contribution in [-0.4, -0.2) is 5.97 Å². The predicted octanol–water partition coefficient (Wildman–Crippen LogP) is 3.43. The SMILES string of the molecule is CC(=O)Oc1c(C)oc2ccc(Br)cc12. The van der Waals surface area contributed by atoms with Crippen LogP contribution in [0, 0.1) is 6.92 Å². The van der Waals surface area contributed by atoms with Gasteiger partial charge in [-0.1, -0.05) is 15.9 Å². The molecule has 4 heteroatoms. The molecule has 0 aliphatic heterocycles. The van der Waals surface area contributed by atoms with Crippen molar-refractivity contribution in [1.82, 2.24) is 0 Å². The van der Waals surface area contributed by atoms with Crippen LogP contribution in [0.4, 0.5) is 0 Å². The van der Waals surface area contributed by atoms with Gasteiger partial charge in [-0.05, 0) is 25.1 Å². The first kappa shape index (κ1) is 10.2. The first-order valence-electron chi connectivity index (χ1n) is 4.45. The normalized spacial score (nSPS) is 10.6. The van der Waals surface area contributed by atoms with E-state index in [1.54, 1.807) is 6.92 Å². The molecule has 2 rings (SSSR count). The van der Waals surface area contributed by atoms with Gasteiger partial charge >= 0.3 is 5.97 Å². The number of esters is 1. The molecule has 3 nitrogen and oxygen atoms in total. The summed E-state index contributed by atoms with van der Waals surface area (Å²) in [6, 6.07) is 5.58. The molecule has 0 aliphatic rings. The topological polar surface area (TPSA) is 39.4 Å². The largest absolute Gasteiger partial charge is 0.457 e. The van der Waals surface area contributed by atoms with Crippen LogP contribution in [0.25, 0.3) is 11.0 Å². The minimum atomic E-state index is -0.347. The van der Waals surface area contributed by atoms with Crippen LogP contribution >= 0.6 is 15.9 Å². The van der Waals surface area contributed by atoms with E-state index < -0.39 is 0 Å². The third-order valence-electron chi connectivity index (χ3n) is 2.01. The molecule has 1 aromatic carbocycles. The molecular formula is C11H9BrO3. The average molecular weight is 269 g/mol. The second-order valence-corrected chi connectivity index (χ2v) is 4.14. The van der Waals surface area contributed by atoms with Crippen molar-refractivity contribution in [3.05, 3.63) is 28.4 Å². The van der Waals surface area contributed by atoms with E-state index in [-0.39, 0.29) is 5.97 Å². The molecule has 78 valence electrons. The van der Waals surface area contributed by atoms with Crippen molar-refractivity contribution in [2.45, 2.75) is 13.8 Å². The van der Waals surface area contributed by atoms with Gasteiger partial charge in [0.1, 0.15) is 11.3 Å². The second kappa shape index (κ2) is 3.70. The average Bonchev–Trinajstić information content (AvgIpc) is 2.43. The zero-order chi connectivity index (χ0) is 11.0. The fraction of sp³-hybridized carbons (Fsp3) is 0.182. The van der Waals surface area contributed by atoms with Crippen LogP contribution in [0.3, 0.4) is 0 Å². The van der Waals surface area contributed by atoms with Crippen molar-refractivity contribution in [1.29, 1.82) is 0 Å². The number of aryl methyl sites for hydroxylation is 1. The van der Waals surface area contributed by atoms with E-state index >= 15 is 0 Å². The van der Waals surface area contributed by atoms with Gasteiger partial charge in [-0.3, -0.25) is 4.79 Å². The highest BCUT2D eigenvalue weighted by molar-refractivity contribution is 9.10. The van der Waals surface area contributed by atoms with Crippen molar-refractivity contribution in [2.75, 3.05) is 0 Å². The summed E-state index contributed by atoms with van der Waals surface area (Å²) in [5.74, 6) is 0.762. The summed E-state index contributed by atoms with van der Waals surface area (Å²) in [5, 5.41) is 0.803. The van der Waals surface area contributed by atoms with E-state index in [1.165, 1.54) is 6.92 Å². The molecule has 1 aromatic heterocycles. The van der Waals surface area contributed by atoms with Gasteiger partial charge in [0.05, 0.1) is 5.39 Å². The minimum absolute atomic E-state index is 0.347. The predicted molar refractivity (Wildman–Crippen MR) is 60.0 cm³/mol. The fourth-order valence-electron chi connectivity index (χ4n) is 1.44. The van der Waals surface area contributed by atoms with Gasteiger partial charge in [0.25, 0.3) is 0 Å². The molecule has 1 heterocycles. The number of benzene rings is 1. The van der Waals surface area contributed by atoms with E-state index in [1.807, 2.05) is 18.2 Å². The summed E-state index contributed by atoms with van der Waals surface area (Å²) < 4.78 is 11.5. The molecule has 0 spiro atoms. The summed E-state index contributed by atoms with van der Waals surface area (Å²) in [6.45, 7) is 3.14. The molecule has 0 bridgehead atoms. The number of halogens is 1. The third kappa shape index (κ3) is 1.90. The molecule has 0 unspecified atom stereocenters. The molecule has 0 amide bonds. The van der Waals surface area contributed by atoms with Crippen LogP contribution in [-0.2, 0) is 4.79 Å². The lowest BCUT2D eigenvalue weighted by Gasteiger charge is -1.98. The number of furan rings is 1. The molecule has 0 saturated heterocycles. The van der Waals surface area contributed by atoms with Crippen LogP contribution < -0.4 is 4.74 Å². The van der Waals surface area contributed by atoms with Crippen molar-refractivity contribution >= 4 is 32.9 Å². The van der Waals surface area contributed by atoms with E-state index in [9.17, 15) is 4.79 Å². The maximum atomic E-state index is 10.9. The molecule has 0 radical (unpaired) electrons.